The van der Waals surface area contributed by atoms with Crippen LogP contribution in [0.3, 0.4) is 0 Å². The highest BCUT2D eigenvalue weighted by atomic mass is 79.9. The van der Waals surface area contributed by atoms with Gasteiger partial charge in [0.25, 0.3) is 0 Å². The molecule has 110 valence electrons. The fourth-order valence-corrected chi connectivity index (χ4v) is 2.73. The van der Waals surface area contributed by atoms with Crippen LogP contribution in [-0.4, -0.2) is 6.04 Å². The molecule has 0 atom stereocenters. The molecule has 1 N–H and O–H groups in total. The van der Waals surface area contributed by atoms with Crippen molar-refractivity contribution in [3.63, 3.8) is 0 Å². The lowest BCUT2D eigenvalue weighted by Crippen LogP contribution is -2.15. The van der Waals surface area contributed by atoms with Crippen LogP contribution >= 0.6 is 27.5 Å². The van der Waals surface area contributed by atoms with Crippen molar-refractivity contribution in [1.82, 2.24) is 5.32 Å². The first-order valence-corrected chi connectivity index (χ1v) is 8.25. The molecule has 1 aliphatic rings. The summed E-state index contributed by atoms with van der Waals surface area (Å²) in [4.78, 5) is 0. The molecule has 21 heavy (non-hydrogen) atoms. The van der Waals surface area contributed by atoms with Gasteiger partial charge in [0.2, 0.25) is 0 Å². The highest BCUT2D eigenvalue weighted by Gasteiger charge is 2.20. The van der Waals surface area contributed by atoms with Crippen molar-refractivity contribution < 1.29 is 4.74 Å². The van der Waals surface area contributed by atoms with Crippen LogP contribution in [0.2, 0.25) is 5.02 Å². The van der Waals surface area contributed by atoms with Gasteiger partial charge in [-0.1, -0.05) is 39.7 Å². The Balaban J connectivity index is 1.83. The van der Waals surface area contributed by atoms with Crippen LogP contribution in [0.15, 0.2) is 40.9 Å². The number of hydrogen-bond donors (Lipinski definition) is 1. The van der Waals surface area contributed by atoms with Gasteiger partial charge in [0.05, 0.1) is 5.02 Å². The summed E-state index contributed by atoms with van der Waals surface area (Å²) in [5, 5.41) is 4.15. The lowest BCUT2D eigenvalue weighted by molar-refractivity contribution is 0.472. The highest BCUT2D eigenvalue weighted by Crippen LogP contribution is 2.34. The number of rotatable bonds is 5. The molecule has 2 aromatic carbocycles. The molecule has 1 saturated carbocycles. The number of nitrogens with one attached hydrogen (secondary N) is 1. The molecule has 2 nitrogen and oxygen atoms in total. The molecule has 0 amide bonds. The second-order valence-corrected chi connectivity index (χ2v) is 6.77. The maximum atomic E-state index is 6.26. The number of hydrogen-bond acceptors (Lipinski definition) is 2. The van der Waals surface area contributed by atoms with Crippen molar-refractivity contribution in [2.75, 3.05) is 0 Å². The van der Waals surface area contributed by atoms with E-state index in [4.69, 9.17) is 16.3 Å². The number of aryl methyl sites for hydroxylation is 1. The first-order valence-electron chi connectivity index (χ1n) is 7.07. The van der Waals surface area contributed by atoms with E-state index in [1.54, 1.807) is 0 Å². The fourth-order valence-electron chi connectivity index (χ4n) is 2.12. The summed E-state index contributed by atoms with van der Waals surface area (Å²) >= 11 is 9.76. The zero-order valence-electron chi connectivity index (χ0n) is 11.8. The summed E-state index contributed by atoms with van der Waals surface area (Å²) in [6.07, 6.45) is 2.55. The fraction of sp³-hybridized carbons (Fsp3) is 0.294. The van der Waals surface area contributed by atoms with Crippen LogP contribution in [-0.2, 0) is 6.54 Å². The third-order valence-electron chi connectivity index (χ3n) is 3.50. The van der Waals surface area contributed by atoms with E-state index >= 15 is 0 Å². The van der Waals surface area contributed by atoms with Gasteiger partial charge in [-0.3, -0.25) is 0 Å². The average molecular weight is 367 g/mol. The zero-order valence-corrected chi connectivity index (χ0v) is 14.2. The monoisotopic (exact) mass is 365 g/mol. The molecular formula is C17H17BrClNO. The maximum Gasteiger partial charge on any atom is 0.146 e. The molecule has 0 spiro atoms. The number of ether oxygens (including phenoxy) is 1. The number of halogens is 2. The molecule has 0 unspecified atom stereocenters. The van der Waals surface area contributed by atoms with Gasteiger partial charge in [0.15, 0.2) is 0 Å². The smallest absolute Gasteiger partial charge is 0.146 e. The van der Waals surface area contributed by atoms with Crippen LogP contribution in [0.4, 0.5) is 0 Å². The lowest BCUT2D eigenvalue weighted by Gasteiger charge is -2.13. The minimum absolute atomic E-state index is 0.635. The first-order chi connectivity index (χ1) is 10.1. The molecule has 2 aromatic rings. The molecule has 0 bridgehead atoms. The van der Waals surface area contributed by atoms with Gasteiger partial charge >= 0.3 is 0 Å². The minimum Gasteiger partial charge on any atom is -0.455 e. The van der Waals surface area contributed by atoms with Crippen molar-refractivity contribution in [2.24, 2.45) is 0 Å². The summed E-state index contributed by atoms with van der Waals surface area (Å²) in [5.41, 5.74) is 2.26. The van der Waals surface area contributed by atoms with Gasteiger partial charge in [-0.05, 0) is 49.6 Å². The van der Waals surface area contributed by atoms with Gasteiger partial charge in [-0.2, -0.15) is 0 Å². The normalized spacial score (nSPS) is 14.2. The Bertz CT molecular complexity index is 655. The van der Waals surface area contributed by atoms with Crippen LogP contribution in [0.5, 0.6) is 11.5 Å². The largest absolute Gasteiger partial charge is 0.455 e. The van der Waals surface area contributed by atoms with Gasteiger partial charge in [-0.15, -0.1) is 0 Å². The molecule has 4 heteroatoms. The Hall–Kier alpha value is -1.03. The molecule has 0 heterocycles. The minimum atomic E-state index is 0.635. The van der Waals surface area contributed by atoms with E-state index in [0.717, 1.165) is 27.9 Å². The first kappa shape index (κ1) is 14.9. The van der Waals surface area contributed by atoms with E-state index < -0.39 is 0 Å². The molecule has 0 aromatic heterocycles. The third-order valence-corrected chi connectivity index (χ3v) is 4.28. The second-order valence-electron chi connectivity index (χ2n) is 5.44. The van der Waals surface area contributed by atoms with Crippen LogP contribution in [0.1, 0.15) is 24.0 Å². The van der Waals surface area contributed by atoms with Crippen molar-refractivity contribution in [3.05, 3.63) is 57.0 Å². The Morgan fingerprint density at radius 1 is 1.19 bits per heavy atom. The summed E-state index contributed by atoms with van der Waals surface area (Å²) in [6, 6.07) is 12.6. The van der Waals surface area contributed by atoms with Gasteiger partial charge < -0.3 is 10.1 Å². The van der Waals surface area contributed by atoms with Crippen molar-refractivity contribution >= 4 is 27.5 Å². The molecule has 0 saturated heterocycles. The molecular weight excluding hydrogens is 350 g/mol. The van der Waals surface area contributed by atoms with E-state index in [0.29, 0.717) is 16.8 Å². The summed E-state index contributed by atoms with van der Waals surface area (Å²) in [6.45, 7) is 2.83. The summed E-state index contributed by atoms with van der Waals surface area (Å²) in [5.74, 6) is 1.52. The predicted octanol–water partition coefficient (Wildman–Crippen LogP) is 5.46. The zero-order chi connectivity index (χ0) is 14.8. The second kappa shape index (κ2) is 6.39. The van der Waals surface area contributed by atoms with Gasteiger partial charge in [0, 0.05) is 22.6 Å². The lowest BCUT2D eigenvalue weighted by atomic mass is 10.2. The van der Waals surface area contributed by atoms with Crippen molar-refractivity contribution in [2.45, 2.75) is 32.4 Å². The van der Waals surface area contributed by atoms with Crippen LogP contribution < -0.4 is 10.1 Å². The highest BCUT2D eigenvalue weighted by molar-refractivity contribution is 9.10. The van der Waals surface area contributed by atoms with Gasteiger partial charge in [0.1, 0.15) is 11.5 Å². The SMILES string of the molecule is Cc1ccc(Oc2cc(Br)ccc2CNC2CC2)c(Cl)c1. The summed E-state index contributed by atoms with van der Waals surface area (Å²) in [7, 11) is 0. The van der Waals surface area contributed by atoms with Crippen molar-refractivity contribution in [3.8, 4) is 11.5 Å². The topological polar surface area (TPSA) is 21.3 Å². The molecule has 0 aliphatic heterocycles. The Morgan fingerprint density at radius 3 is 2.71 bits per heavy atom. The molecule has 0 radical (unpaired) electrons. The van der Waals surface area contributed by atoms with E-state index in [2.05, 4.69) is 27.3 Å². The van der Waals surface area contributed by atoms with E-state index in [9.17, 15) is 0 Å². The van der Waals surface area contributed by atoms with Gasteiger partial charge in [-0.25, -0.2) is 0 Å². The van der Waals surface area contributed by atoms with Crippen LogP contribution in [0.25, 0.3) is 0 Å². The Morgan fingerprint density at radius 2 is 2.00 bits per heavy atom. The Labute approximate surface area is 138 Å². The third kappa shape index (κ3) is 4.00. The van der Waals surface area contributed by atoms with E-state index in [1.165, 1.54) is 12.8 Å². The molecule has 1 aliphatic carbocycles. The number of benzene rings is 2. The molecule has 1 fully saturated rings. The Kier molecular flexibility index (Phi) is 4.53. The average Bonchev–Trinajstić information content (AvgIpc) is 3.25. The van der Waals surface area contributed by atoms with E-state index in [1.807, 2.05) is 37.3 Å². The van der Waals surface area contributed by atoms with E-state index in [-0.39, 0.29) is 0 Å². The maximum absolute atomic E-state index is 6.26. The summed E-state index contributed by atoms with van der Waals surface area (Å²) < 4.78 is 7.02. The van der Waals surface area contributed by atoms with Crippen LogP contribution in [0, 0.1) is 6.92 Å². The van der Waals surface area contributed by atoms with Crippen molar-refractivity contribution in [1.29, 1.82) is 0 Å². The standard InChI is InChI=1S/C17H17BrClNO/c1-11-2-7-16(15(19)8-11)21-17-9-13(18)4-3-12(17)10-20-14-5-6-14/h2-4,7-9,14,20H,5-6,10H2,1H3. The molecule has 3 rings (SSSR count). The quantitative estimate of drug-likeness (QED) is 0.759. The predicted molar refractivity (Wildman–Crippen MR) is 90.3 cm³/mol.